The van der Waals surface area contributed by atoms with Gasteiger partial charge in [0.1, 0.15) is 0 Å². The number of alkyl halides is 2. The molecule has 0 unspecified atom stereocenters. The highest BCUT2D eigenvalue weighted by molar-refractivity contribution is 7.59. The number of hydrogen-bond acceptors (Lipinski definition) is 2. The predicted octanol–water partition coefficient (Wildman–Crippen LogP) is 5.26. The van der Waals surface area contributed by atoms with Crippen molar-refractivity contribution in [3.05, 3.63) is 70.8 Å². The van der Waals surface area contributed by atoms with Crippen molar-refractivity contribution in [1.29, 1.82) is 0 Å². The molecule has 0 aromatic heterocycles. The smallest absolute Gasteiger partial charge is 0.264 e. The Kier molecular flexibility index (Phi) is 7.99. The van der Waals surface area contributed by atoms with Gasteiger partial charge in [0.05, 0.1) is 6.10 Å². The van der Waals surface area contributed by atoms with Gasteiger partial charge in [-0.1, -0.05) is 48.5 Å². The van der Waals surface area contributed by atoms with E-state index >= 15 is 0 Å². The fraction of sp³-hybridized carbons (Fsp3) is 0.409. The summed E-state index contributed by atoms with van der Waals surface area (Å²) in [5.74, 6) is 0.213. The van der Waals surface area contributed by atoms with Crippen molar-refractivity contribution < 1.29 is 18.7 Å². The number of hydrogen-bond donors (Lipinski definition) is 1. The van der Waals surface area contributed by atoms with Crippen LogP contribution >= 0.6 is 13.5 Å². The first-order chi connectivity index (χ1) is 12.5. The van der Waals surface area contributed by atoms with E-state index in [1.807, 2.05) is 0 Å². The molecule has 0 spiro atoms. The van der Waals surface area contributed by atoms with Gasteiger partial charge in [0.2, 0.25) is 0 Å². The summed E-state index contributed by atoms with van der Waals surface area (Å²) in [5.41, 5.74) is 2.63. The van der Waals surface area contributed by atoms with Crippen molar-refractivity contribution in [1.82, 2.24) is 0 Å². The fourth-order valence-corrected chi connectivity index (χ4v) is 3.80. The molecule has 1 aliphatic carbocycles. The quantitative estimate of drug-likeness (QED) is 0.623. The van der Waals surface area contributed by atoms with Gasteiger partial charge >= 0.3 is 0 Å². The fourth-order valence-electron chi connectivity index (χ4n) is 3.80. The first-order valence-corrected chi connectivity index (χ1v) is 9.19. The Labute approximate surface area is 166 Å². The van der Waals surface area contributed by atoms with Gasteiger partial charge in [-0.2, -0.15) is 13.5 Å². The Bertz CT molecular complexity index is 738. The summed E-state index contributed by atoms with van der Waals surface area (Å²) in [4.78, 5) is 12.2. The Morgan fingerprint density at radius 3 is 2.22 bits per heavy atom. The molecule has 0 heterocycles. The van der Waals surface area contributed by atoms with Gasteiger partial charge in [0, 0.05) is 17.5 Å². The summed E-state index contributed by atoms with van der Waals surface area (Å²) in [6, 6.07) is 14.2. The number of halogens is 2. The summed E-state index contributed by atoms with van der Waals surface area (Å²) in [5, 5.41) is 10.2. The van der Waals surface area contributed by atoms with Crippen molar-refractivity contribution in [3.63, 3.8) is 0 Å². The molecule has 0 bridgehead atoms. The standard InChI is InChI=1S/C22H24F2O2.H2S/c23-22(24)20-8-4-3-7-19(20)21(26)12-11-18(25)10-9-15-13-16-5-1-2-6-17(16)14-15;/h1-8,15,18,22,25H,9-14H2;1H2/t18-;/m0./s1. The third-order valence-corrected chi connectivity index (χ3v) is 5.24. The lowest BCUT2D eigenvalue weighted by molar-refractivity contribution is 0.0915. The largest absolute Gasteiger partial charge is 0.393 e. The highest BCUT2D eigenvalue weighted by atomic mass is 32.1. The Morgan fingerprint density at radius 2 is 1.59 bits per heavy atom. The molecule has 2 aromatic carbocycles. The highest BCUT2D eigenvalue weighted by Crippen LogP contribution is 2.30. The van der Waals surface area contributed by atoms with E-state index in [2.05, 4.69) is 24.3 Å². The van der Waals surface area contributed by atoms with Crippen LogP contribution in [0.25, 0.3) is 0 Å². The maximum Gasteiger partial charge on any atom is 0.264 e. The zero-order valence-corrected chi connectivity index (χ0v) is 16.2. The van der Waals surface area contributed by atoms with Crippen molar-refractivity contribution in [2.75, 3.05) is 0 Å². The minimum absolute atomic E-state index is 0. The molecule has 3 rings (SSSR count). The summed E-state index contributed by atoms with van der Waals surface area (Å²) in [6.07, 6.45) is 0.824. The lowest BCUT2D eigenvalue weighted by Gasteiger charge is -2.14. The normalized spacial score (nSPS) is 14.7. The van der Waals surface area contributed by atoms with Crippen molar-refractivity contribution in [2.24, 2.45) is 5.92 Å². The van der Waals surface area contributed by atoms with E-state index in [1.165, 1.54) is 29.3 Å². The zero-order chi connectivity index (χ0) is 18.5. The molecule has 1 N–H and O–H groups in total. The number of benzene rings is 2. The molecular formula is C22H26F2O2S. The van der Waals surface area contributed by atoms with E-state index in [-0.39, 0.29) is 36.8 Å². The molecule has 1 atom stereocenters. The van der Waals surface area contributed by atoms with Gasteiger partial charge in [0.25, 0.3) is 6.43 Å². The minimum Gasteiger partial charge on any atom is -0.393 e. The second-order valence-electron chi connectivity index (χ2n) is 7.12. The predicted molar refractivity (Wildman–Crippen MR) is 108 cm³/mol. The molecule has 27 heavy (non-hydrogen) atoms. The van der Waals surface area contributed by atoms with E-state index in [0.29, 0.717) is 18.8 Å². The van der Waals surface area contributed by atoms with Gasteiger partial charge < -0.3 is 5.11 Å². The van der Waals surface area contributed by atoms with Crippen molar-refractivity contribution >= 4 is 19.3 Å². The number of ketones is 1. The minimum atomic E-state index is -2.66. The maximum atomic E-state index is 13.0. The van der Waals surface area contributed by atoms with Crippen LogP contribution in [0, 0.1) is 5.92 Å². The average Bonchev–Trinajstić information content (AvgIpc) is 3.07. The zero-order valence-electron chi connectivity index (χ0n) is 15.2. The molecule has 146 valence electrons. The van der Waals surface area contributed by atoms with E-state index < -0.39 is 12.5 Å². The van der Waals surface area contributed by atoms with Crippen LogP contribution < -0.4 is 0 Å². The molecule has 2 nitrogen and oxygen atoms in total. The Morgan fingerprint density at radius 1 is 1.00 bits per heavy atom. The molecule has 0 fully saturated rings. The average molecular weight is 393 g/mol. The molecule has 0 saturated heterocycles. The van der Waals surface area contributed by atoms with Crippen LogP contribution in [0.15, 0.2) is 48.5 Å². The second-order valence-corrected chi connectivity index (χ2v) is 7.12. The molecule has 0 radical (unpaired) electrons. The summed E-state index contributed by atoms with van der Waals surface area (Å²) >= 11 is 0. The number of carbonyl (C=O) groups is 1. The Hall–Kier alpha value is -1.72. The third kappa shape index (κ3) is 5.63. The SMILES string of the molecule is O=C(CC[C@@H](O)CCC1Cc2ccccc2C1)c1ccccc1C(F)F.S. The Balaban J connectivity index is 0.00000261. The van der Waals surface area contributed by atoms with Crippen LogP contribution in [0.2, 0.25) is 0 Å². The molecule has 0 saturated carbocycles. The van der Waals surface area contributed by atoms with Gasteiger partial charge in [-0.05, 0) is 49.1 Å². The number of carbonyl (C=O) groups excluding carboxylic acids is 1. The van der Waals surface area contributed by atoms with Crippen LogP contribution in [-0.2, 0) is 12.8 Å². The first kappa shape index (κ1) is 21.6. The van der Waals surface area contributed by atoms with Crippen LogP contribution in [0.4, 0.5) is 8.78 Å². The number of fused-ring (bicyclic) bond motifs is 1. The highest BCUT2D eigenvalue weighted by Gasteiger charge is 2.22. The topological polar surface area (TPSA) is 37.3 Å². The molecule has 0 amide bonds. The van der Waals surface area contributed by atoms with Gasteiger partial charge in [-0.3, -0.25) is 4.79 Å². The lowest BCUT2D eigenvalue weighted by Crippen LogP contribution is -2.13. The van der Waals surface area contributed by atoms with Crippen molar-refractivity contribution in [2.45, 2.75) is 51.1 Å². The molecule has 1 aliphatic rings. The van der Waals surface area contributed by atoms with Gasteiger partial charge in [-0.25, -0.2) is 8.78 Å². The van der Waals surface area contributed by atoms with E-state index in [4.69, 9.17) is 0 Å². The third-order valence-electron chi connectivity index (χ3n) is 5.24. The van der Waals surface area contributed by atoms with Crippen LogP contribution in [0.1, 0.15) is 59.2 Å². The number of aliphatic hydroxyl groups excluding tert-OH is 1. The number of rotatable bonds is 8. The van der Waals surface area contributed by atoms with Gasteiger partial charge in [-0.15, -0.1) is 0 Å². The van der Waals surface area contributed by atoms with E-state index in [0.717, 1.165) is 19.3 Å². The van der Waals surface area contributed by atoms with Crippen molar-refractivity contribution in [3.8, 4) is 0 Å². The summed E-state index contributed by atoms with van der Waals surface area (Å²) in [7, 11) is 0. The van der Waals surface area contributed by atoms with Crippen LogP contribution in [0.5, 0.6) is 0 Å². The molecular weight excluding hydrogens is 366 g/mol. The molecule has 0 aliphatic heterocycles. The molecule has 2 aromatic rings. The lowest BCUT2D eigenvalue weighted by atomic mass is 9.94. The van der Waals surface area contributed by atoms with E-state index in [1.54, 1.807) is 6.07 Å². The second kappa shape index (κ2) is 10.00. The summed E-state index contributed by atoms with van der Waals surface area (Å²) in [6.45, 7) is 0. The first-order valence-electron chi connectivity index (χ1n) is 9.19. The van der Waals surface area contributed by atoms with E-state index in [9.17, 15) is 18.7 Å². The molecule has 5 heteroatoms. The van der Waals surface area contributed by atoms with Crippen LogP contribution in [0.3, 0.4) is 0 Å². The van der Waals surface area contributed by atoms with Gasteiger partial charge in [0.15, 0.2) is 5.78 Å². The van der Waals surface area contributed by atoms with Crippen LogP contribution in [-0.4, -0.2) is 17.0 Å². The number of Topliss-reactive ketones (excluding diaryl/α,β-unsaturated/α-hetero) is 1. The number of aliphatic hydroxyl groups is 1. The summed E-state index contributed by atoms with van der Waals surface area (Å²) < 4.78 is 26.0. The maximum absolute atomic E-state index is 13.0. The monoisotopic (exact) mass is 392 g/mol.